The first-order valence-electron chi connectivity index (χ1n) is 5.13. The summed E-state index contributed by atoms with van der Waals surface area (Å²) >= 11 is 0. The van der Waals surface area contributed by atoms with E-state index in [1.54, 1.807) is 0 Å². The van der Waals surface area contributed by atoms with Gasteiger partial charge in [0, 0.05) is 11.0 Å². The molecule has 0 saturated heterocycles. The Bertz CT molecular complexity index is 458. The number of hydrogen-bond donors (Lipinski definition) is 2. The maximum Gasteiger partial charge on any atom is 0.321 e. The molecule has 0 fully saturated rings. The monoisotopic (exact) mass is 243 g/mol. The Morgan fingerprint density at radius 3 is 2.41 bits per heavy atom. The fourth-order valence-electron chi connectivity index (χ4n) is 1.71. The number of benzene rings is 1. The molecular weight excluding hydrogens is 228 g/mol. The normalized spacial score (nSPS) is 13.5. The summed E-state index contributed by atoms with van der Waals surface area (Å²) in [5.41, 5.74) is 4.13. The fraction of sp³-hybridized carbons (Fsp3) is 0.417. The van der Waals surface area contributed by atoms with Gasteiger partial charge in [-0.3, -0.25) is 4.79 Å². The molecular formula is C12H15F2NO2. The van der Waals surface area contributed by atoms with Gasteiger partial charge in [-0.05, 0) is 18.6 Å². The van der Waals surface area contributed by atoms with Crippen molar-refractivity contribution in [1.82, 2.24) is 0 Å². The van der Waals surface area contributed by atoms with E-state index in [0.29, 0.717) is 0 Å². The van der Waals surface area contributed by atoms with Crippen molar-refractivity contribution in [2.45, 2.75) is 32.2 Å². The lowest BCUT2D eigenvalue weighted by Gasteiger charge is -2.30. The van der Waals surface area contributed by atoms with Crippen molar-refractivity contribution in [2.24, 2.45) is 5.73 Å². The molecule has 17 heavy (non-hydrogen) atoms. The molecule has 5 heteroatoms. The van der Waals surface area contributed by atoms with Gasteiger partial charge in [0.05, 0.1) is 0 Å². The van der Waals surface area contributed by atoms with E-state index in [4.69, 9.17) is 10.8 Å². The Morgan fingerprint density at radius 2 is 1.94 bits per heavy atom. The Labute approximate surface area is 98.2 Å². The number of hydrogen-bond acceptors (Lipinski definition) is 2. The van der Waals surface area contributed by atoms with Crippen LogP contribution in [-0.4, -0.2) is 17.1 Å². The largest absolute Gasteiger partial charge is 0.480 e. The van der Waals surface area contributed by atoms with Crippen LogP contribution in [0.25, 0.3) is 0 Å². The van der Waals surface area contributed by atoms with E-state index in [1.807, 2.05) is 0 Å². The lowest BCUT2D eigenvalue weighted by atomic mass is 9.77. The van der Waals surface area contributed by atoms with Crippen LogP contribution in [0, 0.1) is 18.6 Å². The van der Waals surface area contributed by atoms with Gasteiger partial charge in [-0.15, -0.1) is 0 Å². The van der Waals surface area contributed by atoms with Crippen LogP contribution in [-0.2, 0) is 10.2 Å². The molecule has 1 atom stereocenters. The topological polar surface area (TPSA) is 63.3 Å². The molecule has 0 amide bonds. The van der Waals surface area contributed by atoms with E-state index in [0.717, 1.165) is 6.07 Å². The van der Waals surface area contributed by atoms with Gasteiger partial charge in [-0.25, -0.2) is 8.78 Å². The lowest BCUT2D eigenvalue weighted by Crippen LogP contribution is -2.47. The highest BCUT2D eigenvalue weighted by molar-refractivity contribution is 5.75. The summed E-state index contributed by atoms with van der Waals surface area (Å²) in [7, 11) is 0. The summed E-state index contributed by atoms with van der Waals surface area (Å²) in [5, 5.41) is 8.86. The first kappa shape index (κ1) is 13.6. The number of nitrogens with two attached hydrogens (primary N) is 1. The third kappa shape index (κ3) is 2.29. The molecule has 0 aliphatic heterocycles. The van der Waals surface area contributed by atoms with Gasteiger partial charge >= 0.3 is 5.97 Å². The van der Waals surface area contributed by atoms with Crippen LogP contribution in [0.2, 0.25) is 0 Å². The minimum atomic E-state index is -1.38. The predicted octanol–water partition coefficient (Wildman–Crippen LogP) is 1.96. The molecule has 0 aromatic heterocycles. The maximum atomic E-state index is 13.9. The van der Waals surface area contributed by atoms with Crippen LogP contribution >= 0.6 is 0 Å². The summed E-state index contributed by atoms with van der Waals surface area (Å²) in [5.74, 6) is -2.82. The van der Waals surface area contributed by atoms with E-state index in [2.05, 4.69) is 0 Å². The molecule has 0 aliphatic carbocycles. The second-order valence-corrected chi connectivity index (χ2v) is 4.59. The number of carboxylic acid groups (broad SMARTS) is 1. The van der Waals surface area contributed by atoms with Gasteiger partial charge in [-0.1, -0.05) is 19.9 Å². The molecule has 0 bridgehead atoms. The number of carbonyl (C=O) groups is 1. The smallest absolute Gasteiger partial charge is 0.321 e. The maximum absolute atomic E-state index is 13.9. The number of aliphatic carboxylic acids is 1. The Balaban J connectivity index is 3.42. The highest BCUT2D eigenvalue weighted by Crippen LogP contribution is 2.32. The molecule has 0 spiro atoms. The van der Waals surface area contributed by atoms with Crippen molar-refractivity contribution in [2.75, 3.05) is 0 Å². The summed E-state index contributed by atoms with van der Waals surface area (Å²) in [6.07, 6.45) is 0. The molecule has 94 valence electrons. The fourth-order valence-corrected chi connectivity index (χ4v) is 1.71. The van der Waals surface area contributed by atoms with Crippen LogP contribution in [0.4, 0.5) is 8.78 Å². The van der Waals surface area contributed by atoms with Crippen molar-refractivity contribution < 1.29 is 18.7 Å². The van der Waals surface area contributed by atoms with Crippen LogP contribution in [0.3, 0.4) is 0 Å². The standard InChI is InChI=1S/C12H15F2NO2/c1-6-4-5-7(13)8(9(6)14)12(2,3)10(15)11(16)17/h4-5,10H,15H2,1-3H3,(H,16,17). The van der Waals surface area contributed by atoms with Gasteiger partial charge in [-0.2, -0.15) is 0 Å². The van der Waals surface area contributed by atoms with Gasteiger partial charge < -0.3 is 10.8 Å². The average Bonchev–Trinajstić information content (AvgIpc) is 2.22. The average molecular weight is 243 g/mol. The molecule has 0 radical (unpaired) electrons. The third-order valence-electron chi connectivity index (χ3n) is 2.97. The first-order valence-corrected chi connectivity index (χ1v) is 5.13. The molecule has 1 unspecified atom stereocenters. The van der Waals surface area contributed by atoms with E-state index in [9.17, 15) is 13.6 Å². The Morgan fingerprint density at radius 1 is 1.41 bits per heavy atom. The highest BCUT2D eigenvalue weighted by Gasteiger charge is 2.38. The summed E-state index contributed by atoms with van der Waals surface area (Å²) in [4.78, 5) is 10.9. The lowest BCUT2D eigenvalue weighted by molar-refractivity contribution is -0.140. The van der Waals surface area contributed by atoms with Crippen LogP contribution in [0.1, 0.15) is 25.0 Å². The number of halogens is 2. The molecule has 0 saturated carbocycles. The van der Waals surface area contributed by atoms with Gasteiger partial charge in [0.25, 0.3) is 0 Å². The molecule has 3 nitrogen and oxygen atoms in total. The zero-order valence-corrected chi connectivity index (χ0v) is 9.92. The molecule has 3 N–H and O–H groups in total. The summed E-state index contributed by atoms with van der Waals surface area (Å²) < 4.78 is 27.6. The number of carboxylic acids is 1. The van der Waals surface area contributed by atoms with Crippen molar-refractivity contribution in [3.8, 4) is 0 Å². The summed E-state index contributed by atoms with van der Waals surface area (Å²) in [6, 6.07) is 1.04. The van der Waals surface area contributed by atoms with Crippen molar-refractivity contribution >= 4 is 5.97 Å². The summed E-state index contributed by atoms with van der Waals surface area (Å²) in [6.45, 7) is 4.31. The van der Waals surface area contributed by atoms with Crippen molar-refractivity contribution in [3.63, 3.8) is 0 Å². The van der Waals surface area contributed by atoms with Gasteiger partial charge in [0.15, 0.2) is 0 Å². The Hall–Kier alpha value is -1.49. The number of rotatable bonds is 3. The van der Waals surface area contributed by atoms with E-state index >= 15 is 0 Å². The number of aryl methyl sites for hydroxylation is 1. The Kier molecular flexibility index (Phi) is 3.52. The molecule has 1 rings (SSSR count). The zero-order valence-electron chi connectivity index (χ0n) is 9.92. The van der Waals surface area contributed by atoms with Crippen molar-refractivity contribution in [1.29, 1.82) is 0 Å². The van der Waals surface area contributed by atoms with E-state index in [-0.39, 0.29) is 11.1 Å². The molecule has 1 aromatic rings. The van der Waals surface area contributed by atoms with Gasteiger partial charge in [0.1, 0.15) is 17.7 Å². The first-order chi connectivity index (χ1) is 7.69. The second kappa shape index (κ2) is 4.41. The van der Waals surface area contributed by atoms with E-state index in [1.165, 1.54) is 26.8 Å². The van der Waals surface area contributed by atoms with Crippen LogP contribution < -0.4 is 5.73 Å². The second-order valence-electron chi connectivity index (χ2n) is 4.59. The highest BCUT2D eigenvalue weighted by atomic mass is 19.1. The van der Waals surface area contributed by atoms with E-state index < -0.39 is 29.1 Å². The minimum absolute atomic E-state index is 0.257. The minimum Gasteiger partial charge on any atom is -0.480 e. The quantitative estimate of drug-likeness (QED) is 0.853. The zero-order chi connectivity index (χ0) is 13.4. The SMILES string of the molecule is Cc1ccc(F)c(C(C)(C)C(N)C(=O)O)c1F. The van der Waals surface area contributed by atoms with Crippen molar-refractivity contribution in [3.05, 3.63) is 34.9 Å². The molecule has 1 aromatic carbocycles. The van der Waals surface area contributed by atoms with Crippen LogP contribution in [0.5, 0.6) is 0 Å². The predicted molar refractivity (Wildman–Crippen MR) is 59.7 cm³/mol. The van der Waals surface area contributed by atoms with Crippen LogP contribution in [0.15, 0.2) is 12.1 Å². The molecule has 0 aliphatic rings. The molecule has 0 heterocycles. The van der Waals surface area contributed by atoms with Gasteiger partial charge in [0.2, 0.25) is 0 Å². The third-order valence-corrected chi connectivity index (χ3v) is 2.97.